The van der Waals surface area contributed by atoms with Crippen LogP contribution in [0.1, 0.15) is 91.4 Å². The molecular weight excluding hydrogens is 814 g/mol. The third-order valence-electron chi connectivity index (χ3n) is 11.2. The number of nitrogens with zero attached hydrogens (tertiary/aromatic N) is 9. The minimum atomic E-state index is -4.86. The fraction of sp³-hybridized carbons (Fsp3) is 0.415. The number of anilines is 3. The zero-order chi connectivity index (χ0) is 43.7. The normalized spacial score (nSPS) is 16.9. The number of carbonyl (C=O) groups is 5. The van der Waals surface area contributed by atoms with Crippen LogP contribution in [-0.2, 0) is 33.5 Å². The van der Waals surface area contributed by atoms with E-state index in [4.69, 9.17) is 4.52 Å². The highest BCUT2D eigenvalue weighted by molar-refractivity contribution is 6.05. The zero-order valence-corrected chi connectivity index (χ0v) is 33.9. The maximum atomic E-state index is 14.3. The van der Waals surface area contributed by atoms with Gasteiger partial charge in [0.05, 0.1) is 41.2 Å². The molecule has 0 radical (unpaired) electrons. The van der Waals surface area contributed by atoms with E-state index in [1.54, 1.807) is 22.8 Å². The Bertz CT molecular complexity index is 2550. The number of imide groups is 1. The molecule has 0 saturated carbocycles. The van der Waals surface area contributed by atoms with Crippen molar-refractivity contribution in [2.24, 2.45) is 0 Å². The van der Waals surface area contributed by atoms with E-state index in [0.717, 1.165) is 23.5 Å². The van der Waals surface area contributed by atoms with Crippen LogP contribution in [0.3, 0.4) is 0 Å². The number of benzene rings is 1. The number of aromatic nitrogens is 6. The fourth-order valence-electron chi connectivity index (χ4n) is 8.07. The van der Waals surface area contributed by atoms with Gasteiger partial charge in [-0.05, 0) is 55.0 Å². The number of halogens is 3. The lowest BCUT2D eigenvalue weighted by Gasteiger charge is -2.36. The van der Waals surface area contributed by atoms with E-state index in [-0.39, 0.29) is 60.4 Å². The average Bonchev–Trinajstić information content (AvgIpc) is 3.99. The van der Waals surface area contributed by atoms with Gasteiger partial charge in [0.1, 0.15) is 11.7 Å². The molecule has 0 aliphatic carbocycles. The number of fused-ring (bicyclic) bond motifs is 2. The van der Waals surface area contributed by atoms with Crippen LogP contribution >= 0.6 is 0 Å². The topological polar surface area (TPSA) is 213 Å². The van der Waals surface area contributed by atoms with Crippen molar-refractivity contribution >= 4 is 52.4 Å². The van der Waals surface area contributed by atoms with Gasteiger partial charge in [0.25, 0.3) is 5.91 Å². The van der Waals surface area contributed by atoms with Gasteiger partial charge in [-0.25, -0.2) is 19.3 Å². The third-order valence-corrected chi connectivity index (χ3v) is 11.2. The SMILES string of the molecule is CC(C)c1c(NC(=O)Nc2cnc(-c3noc(CCCCCC(=O)N4CCN(c5ccc6c(c5)CN(C5CCC(=O)NC5=O)C6=O)CC4)n3)c(C(F)(F)F)c2)cnc2ccnn12. The van der Waals surface area contributed by atoms with E-state index in [1.165, 1.54) is 11.1 Å². The number of piperazine rings is 1. The molecule has 2 fully saturated rings. The molecule has 1 atom stereocenters. The number of unbranched alkanes of at least 4 members (excludes halogenated alkanes) is 2. The maximum Gasteiger partial charge on any atom is 0.418 e. The molecule has 1 aromatic carbocycles. The van der Waals surface area contributed by atoms with Gasteiger partial charge in [-0.3, -0.25) is 24.5 Å². The highest BCUT2D eigenvalue weighted by Crippen LogP contribution is 2.37. The standard InChI is InChI=1S/C41H43F3N12O6/c1-23(2)36-29(21-45-31-12-13-47-56(31)36)49-40(61)48-25-19-28(41(42,43)44)35(46-20-25)37-51-33(62-52-37)6-4-3-5-7-34(58)54-16-14-53(15-17-54)26-8-9-27-24(18-26)22-55(39(27)60)30-10-11-32(57)50-38(30)59/h8-9,12-13,18-21,23,30H,3-7,10-11,14-17,22H2,1-2H3,(H2,48,49,61)(H,50,57,59). The number of amides is 6. The van der Waals surface area contributed by atoms with Crippen molar-refractivity contribution in [3.8, 4) is 11.5 Å². The van der Waals surface area contributed by atoms with E-state index in [1.807, 2.05) is 30.9 Å². The van der Waals surface area contributed by atoms with Gasteiger partial charge >= 0.3 is 12.2 Å². The number of urea groups is 1. The number of carbonyl (C=O) groups excluding carboxylic acids is 5. The molecule has 5 aromatic rings. The van der Waals surface area contributed by atoms with Crippen molar-refractivity contribution < 1.29 is 41.7 Å². The largest absolute Gasteiger partial charge is 0.418 e. The van der Waals surface area contributed by atoms with Crippen molar-refractivity contribution in [1.82, 2.24) is 44.8 Å². The minimum Gasteiger partial charge on any atom is -0.368 e. The summed E-state index contributed by atoms with van der Waals surface area (Å²) in [6.45, 7) is 6.37. The molecule has 4 aromatic heterocycles. The first kappa shape index (κ1) is 41.8. The Balaban J connectivity index is 0.788. The number of pyridine rings is 1. The van der Waals surface area contributed by atoms with E-state index >= 15 is 0 Å². The number of aryl methyl sites for hydroxylation is 1. The lowest BCUT2D eigenvalue weighted by molar-refractivity contribution is -0.138. The molecule has 6 amide bonds. The first-order valence-electron chi connectivity index (χ1n) is 20.3. The summed E-state index contributed by atoms with van der Waals surface area (Å²) in [5, 5.41) is 15.3. The number of nitrogens with one attached hydrogen (secondary N) is 3. The second-order valence-corrected chi connectivity index (χ2v) is 15.7. The second kappa shape index (κ2) is 17.2. The van der Waals surface area contributed by atoms with Crippen LogP contribution in [0, 0.1) is 0 Å². The van der Waals surface area contributed by atoms with Gasteiger partial charge in [0.15, 0.2) is 5.65 Å². The van der Waals surface area contributed by atoms with Crippen LogP contribution in [-0.4, -0.2) is 101 Å². The van der Waals surface area contributed by atoms with Crippen LogP contribution in [0.15, 0.2) is 53.4 Å². The molecule has 3 N–H and O–H groups in total. The maximum absolute atomic E-state index is 14.3. The highest BCUT2D eigenvalue weighted by Gasteiger charge is 2.40. The molecule has 2 saturated heterocycles. The van der Waals surface area contributed by atoms with E-state index in [2.05, 4.69) is 46.1 Å². The Morgan fingerprint density at radius 3 is 2.55 bits per heavy atom. The van der Waals surface area contributed by atoms with Gasteiger partial charge in [0.2, 0.25) is 29.4 Å². The lowest BCUT2D eigenvalue weighted by atomic mass is 10.0. The lowest BCUT2D eigenvalue weighted by Crippen LogP contribution is -2.52. The van der Waals surface area contributed by atoms with Crippen LogP contribution in [0.25, 0.3) is 17.2 Å². The number of rotatable bonds is 12. The van der Waals surface area contributed by atoms with E-state index < -0.39 is 35.4 Å². The van der Waals surface area contributed by atoms with Crippen molar-refractivity contribution in [2.45, 2.75) is 83.5 Å². The smallest absolute Gasteiger partial charge is 0.368 e. The number of hydrogen-bond donors (Lipinski definition) is 3. The molecule has 21 heteroatoms. The first-order valence-corrected chi connectivity index (χ1v) is 20.3. The molecule has 3 aliphatic rings. The summed E-state index contributed by atoms with van der Waals surface area (Å²) < 4.78 is 49.6. The number of hydrogen-bond acceptors (Lipinski definition) is 12. The van der Waals surface area contributed by atoms with E-state index in [0.29, 0.717) is 80.9 Å². The monoisotopic (exact) mass is 856 g/mol. The van der Waals surface area contributed by atoms with Crippen LogP contribution in [0.2, 0.25) is 0 Å². The summed E-state index contributed by atoms with van der Waals surface area (Å²) in [6.07, 6.45) is 2.15. The van der Waals surface area contributed by atoms with Crippen LogP contribution in [0.4, 0.5) is 35.0 Å². The van der Waals surface area contributed by atoms with Gasteiger partial charge in [-0.1, -0.05) is 25.4 Å². The van der Waals surface area contributed by atoms with Crippen LogP contribution in [0.5, 0.6) is 0 Å². The molecule has 1 unspecified atom stereocenters. The Hall–Kier alpha value is -6.93. The molecule has 3 aliphatic heterocycles. The fourth-order valence-corrected chi connectivity index (χ4v) is 8.07. The molecule has 62 heavy (non-hydrogen) atoms. The Morgan fingerprint density at radius 1 is 0.984 bits per heavy atom. The molecule has 18 nitrogen and oxygen atoms in total. The van der Waals surface area contributed by atoms with Gasteiger partial charge in [-0.15, -0.1) is 0 Å². The Morgan fingerprint density at radius 2 is 1.79 bits per heavy atom. The molecule has 0 spiro atoms. The number of alkyl halides is 3. The highest BCUT2D eigenvalue weighted by atomic mass is 19.4. The second-order valence-electron chi connectivity index (χ2n) is 15.7. The van der Waals surface area contributed by atoms with Gasteiger partial charge < -0.3 is 29.9 Å². The van der Waals surface area contributed by atoms with Crippen molar-refractivity contribution in [2.75, 3.05) is 41.7 Å². The molecule has 324 valence electrons. The van der Waals surface area contributed by atoms with E-state index in [9.17, 15) is 37.1 Å². The average molecular weight is 857 g/mol. The molecule has 7 heterocycles. The van der Waals surface area contributed by atoms with Gasteiger partial charge in [0, 0.05) is 69.3 Å². The summed E-state index contributed by atoms with van der Waals surface area (Å²) in [5.41, 5.74) is 1.94. The first-order chi connectivity index (χ1) is 29.7. The summed E-state index contributed by atoms with van der Waals surface area (Å²) in [4.78, 5) is 80.9. The predicted molar refractivity (Wildman–Crippen MR) is 216 cm³/mol. The summed E-state index contributed by atoms with van der Waals surface area (Å²) >= 11 is 0. The molecule has 8 rings (SSSR count). The predicted octanol–water partition coefficient (Wildman–Crippen LogP) is 5.17. The zero-order valence-electron chi connectivity index (χ0n) is 33.9. The summed E-state index contributed by atoms with van der Waals surface area (Å²) in [5.74, 6) is -1.27. The number of piperidine rings is 1. The van der Waals surface area contributed by atoms with Crippen molar-refractivity contribution in [1.29, 1.82) is 0 Å². The third kappa shape index (κ3) is 8.77. The van der Waals surface area contributed by atoms with Crippen molar-refractivity contribution in [3.63, 3.8) is 0 Å². The van der Waals surface area contributed by atoms with Crippen LogP contribution < -0.4 is 20.9 Å². The summed E-state index contributed by atoms with van der Waals surface area (Å²) in [7, 11) is 0. The Kier molecular flexibility index (Phi) is 11.6. The quantitative estimate of drug-likeness (QED) is 0.110. The minimum absolute atomic E-state index is 0.0263. The van der Waals surface area contributed by atoms with Gasteiger partial charge in [-0.2, -0.15) is 23.3 Å². The molecule has 0 bridgehead atoms. The molecular formula is C41H43F3N12O6. The summed E-state index contributed by atoms with van der Waals surface area (Å²) in [6, 6.07) is 6.58. The van der Waals surface area contributed by atoms with Crippen molar-refractivity contribution in [3.05, 3.63) is 77.2 Å². The Labute approximate surface area is 352 Å².